The summed E-state index contributed by atoms with van der Waals surface area (Å²) in [6, 6.07) is 0.0721. The van der Waals surface area contributed by atoms with Gasteiger partial charge < -0.3 is 0 Å². The molecule has 3 rings (SSSR count). The Balaban J connectivity index is 1.72. The van der Waals surface area contributed by atoms with Crippen molar-refractivity contribution >= 4 is 10.0 Å². The van der Waals surface area contributed by atoms with Crippen LogP contribution in [0.15, 0.2) is 15.5 Å². The van der Waals surface area contributed by atoms with Crippen LogP contribution in [0.2, 0.25) is 0 Å². The molecule has 0 radical (unpaired) electrons. The third kappa shape index (κ3) is 2.88. The highest BCUT2D eigenvalue weighted by molar-refractivity contribution is 7.88. The summed E-state index contributed by atoms with van der Waals surface area (Å²) in [5, 5.41) is 11.5. The maximum absolute atomic E-state index is 11.5. The number of piperidine rings is 1. The molecule has 0 saturated carbocycles. The SMILES string of the molecule is CS(=O)(=O)N1CCC(n2cc(-c3noc(=O)[nH]3)nn2)CC1. The third-order valence-corrected chi connectivity index (χ3v) is 4.76. The van der Waals surface area contributed by atoms with E-state index in [9.17, 15) is 13.2 Å². The first-order chi connectivity index (χ1) is 9.93. The Bertz CT molecular complexity index is 782. The lowest BCUT2D eigenvalue weighted by atomic mass is 10.1. The van der Waals surface area contributed by atoms with E-state index < -0.39 is 15.8 Å². The molecule has 10 nitrogen and oxygen atoms in total. The zero-order chi connectivity index (χ0) is 15.0. The number of hydrogen-bond acceptors (Lipinski definition) is 7. The van der Waals surface area contributed by atoms with Gasteiger partial charge in [-0.05, 0) is 12.8 Å². The second-order valence-corrected chi connectivity index (χ2v) is 6.90. The van der Waals surface area contributed by atoms with Gasteiger partial charge in [-0.1, -0.05) is 10.4 Å². The molecule has 0 aliphatic carbocycles. The van der Waals surface area contributed by atoms with Crippen molar-refractivity contribution in [2.24, 2.45) is 0 Å². The average Bonchev–Trinajstić information content (AvgIpc) is 3.06. The average molecular weight is 314 g/mol. The van der Waals surface area contributed by atoms with E-state index in [0.717, 1.165) is 0 Å². The second kappa shape index (κ2) is 5.07. The first-order valence-electron chi connectivity index (χ1n) is 6.37. The van der Waals surface area contributed by atoms with Gasteiger partial charge in [-0.25, -0.2) is 22.2 Å². The molecule has 2 aromatic rings. The molecule has 1 fully saturated rings. The molecular weight excluding hydrogens is 300 g/mol. The lowest BCUT2D eigenvalue weighted by Gasteiger charge is -2.29. The molecule has 0 bridgehead atoms. The van der Waals surface area contributed by atoms with Gasteiger partial charge in [-0.2, -0.15) is 0 Å². The number of aromatic amines is 1. The summed E-state index contributed by atoms with van der Waals surface area (Å²) in [6.07, 6.45) is 4.19. The smallest absolute Gasteiger partial charge is 0.296 e. The molecular formula is C10H14N6O4S. The standard InChI is InChI=1S/C10H14N6O4S/c1-21(18,19)15-4-2-7(3-5-15)16-6-8(12-14-16)9-11-10(17)20-13-9/h6-7H,2-5H2,1H3,(H,11,13,17). The van der Waals surface area contributed by atoms with Gasteiger partial charge in [0.05, 0.1) is 18.5 Å². The van der Waals surface area contributed by atoms with Crippen LogP contribution in [0.25, 0.3) is 11.5 Å². The van der Waals surface area contributed by atoms with Crippen LogP contribution in [0.5, 0.6) is 0 Å². The topological polar surface area (TPSA) is 127 Å². The van der Waals surface area contributed by atoms with Gasteiger partial charge in [-0.3, -0.25) is 9.51 Å². The number of sulfonamides is 1. The van der Waals surface area contributed by atoms with E-state index >= 15 is 0 Å². The zero-order valence-electron chi connectivity index (χ0n) is 11.3. The number of H-pyrrole nitrogens is 1. The third-order valence-electron chi connectivity index (χ3n) is 3.46. The molecule has 1 aliphatic heterocycles. The van der Waals surface area contributed by atoms with E-state index in [-0.39, 0.29) is 11.9 Å². The predicted octanol–water partition coefficient (Wildman–Crippen LogP) is -0.782. The van der Waals surface area contributed by atoms with E-state index in [1.165, 1.54) is 10.6 Å². The highest BCUT2D eigenvalue weighted by Gasteiger charge is 2.26. The summed E-state index contributed by atoms with van der Waals surface area (Å²) in [5.41, 5.74) is 0.409. The molecule has 114 valence electrons. The van der Waals surface area contributed by atoms with Crippen LogP contribution in [0, 0.1) is 0 Å². The van der Waals surface area contributed by atoms with E-state index in [1.54, 1.807) is 10.9 Å². The van der Waals surface area contributed by atoms with Gasteiger partial charge in [0.1, 0.15) is 0 Å². The molecule has 21 heavy (non-hydrogen) atoms. The van der Waals surface area contributed by atoms with Crippen LogP contribution >= 0.6 is 0 Å². The van der Waals surface area contributed by atoms with Crippen molar-refractivity contribution < 1.29 is 12.9 Å². The van der Waals surface area contributed by atoms with Crippen molar-refractivity contribution in [1.82, 2.24) is 29.4 Å². The maximum atomic E-state index is 11.5. The fraction of sp³-hybridized carbons (Fsp3) is 0.600. The highest BCUT2D eigenvalue weighted by Crippen LogP contribution is 2.24. The molecule has 0 spiro atoms. The lowest BCUT2D eigenvalue weighted by molar-refractivity contribution is 0.259. The molecule has 0 aromatic carbocycles. The number of nitrogens with one attached hydrogen (secondary N) is 1. The lowest BCUT2D eigenvalue weighted by Crippen LogP contribution is -2.38. The summed E-state index contributed by atoms with van der Waals surface area (Å²) in [6.45, 7) is 0.916. The van der Waals surface area contributed by atoms with Gasteiger partial charge in [0.2, 0.25) is 15.8 Å². The molecule has 1 aliphatic rings. The largest absolute Gasteiger partial charge is 0.439 e. The van der Waals surface area contributed by atoms with Crippen LogP contribution in [0.1, 0.15) is 18.9 Å². The van der Waals surface area contributed by atoms with Crippen molar-refractivity contribution in [1.29, 1.82) is 0 Å². The Morgan fingerprint density at radius 3 is 2.67 bits per heavy atom. The van der Waals surface area contributed by atoms with Crippen molar-refractivity contribution in [2.45, 2.75) is 18.9 Å². The molecule has 0 amide bonds. The minimum absolute atomic E-state index is 0.0721. The minimum Gasteiger partial charge on any atom is -0.296 e. The summed E-state index contributed by atoms with van der Waals surface area (Å²) in [4.78, 5) is 13.3. The van der Waals surface area contributed by atoms with Gasteiger partial charge >= 0.3 is 5.76 Å². The summed E-state index contributed by atoms with van der Waals surface area (Å²) >= 11 is 0. The molecule has 0 atom stereocenters. The Kier molecular flexibility index (Phi) is 3.37. The number of nitrogens with zero attached hydrogens (tertiary/aromatic N) is 5. The Labute approximate surface area is 119 Å². The van der Waals surface area contributed by atoms with Crippen molar-refractivity contribution in [3.8, 4) is 11.5 Å². The number of aromatic nitrogens is 5. The second-order valence-electron chi connectivity index (χ2n) is 4.92. The Morgan fingerprint density at radius 2 is 2.10 bits per heavy atom. The summed E-state index contributed by atoms with van der Waals surface area (Å²) in [5.74, 6) is -0.430. The highest BCUT2D eigenvalue weighted by atomic mass is 32.2. The van der Waals surface area contributed by atoms with Crippen molar-refractivity contribution in [3.05, 3.63) is 16.7 Å². The molecule has 1 saturated heterocycles. The van der Waals surface area contributed by atoms with Crippen LogP contribution in [-0.2, 0) is 10.0 Å². The zero-order valence-corrected chi connectivity index (χ0v) is 12.1. The van der Waals surface area contributed by atoms with Gasteiger partial charge in [-0.15, -0.1) is 5.10 Å². The monoisotopic (exact) mass is 314 g/mol. The number of hydrogen-bond donors (Lipinski definition) is 1. The molecule has 1 N–H and O–H groups in total. The molecule has 3 heterocycles. The molecule has 11 heteroatoms. The quantitative estimate of drug-likeness (QED) is 0.787. The Hall–Kier alpha value is -2.01. The van der Waals surface area contributed by atoms with Crippen LogP contribution in [0.3, 0.4) is 0 Å². The fourth-order valence-electron chi connectivity index (χ4n) is 2.34. The van der Waals surface area contributed by atoms with Gasteiger partial charge in [0, 0.05) is 13.1 Å². The van der Waals surface area contributed by atoms with Crippen LogP contribution < -0.4 is 5.76 Å². The predicted molar refractivity (Wildman–Crippen MR) is 70.8 cm³/mol. The van der Waals surface area contributed by atoms with E-state index in [4.69, 9.17) is 0 Å². The van der Waals surface area contributed by atoms with Crippen LogP contribution in [-0.4, -0.2) is 57.2 Å². The van der Waals surface area contributed by atoms with E-state index in [1.807, 2.05) is 0 Å². The van der Waals surface area contributed by atoms with Gasteiger partial charge in [0.25, 0.3) is 0 Å². The first kappa shape index (κ1) is 13.9. The minimum atomic E-state index is -3.14. The molecule has 2 aromatic heterocycles. The first-order valence-corrected chi connectivity index (χ1v) is 8.21. The summed E-state index contributed by atoms with van der Waals surface area (Å²) < 4.78 is 30.5. The van der Waals surface area contributed by atoms with Crippen molar-refractivity contribution in [2.75, 3.05) is 19.3 Å². The van der Waals surface area contributed by atoms with Gasteiger partial charge in [0.15, 0.2) is 5.69 Å². The molecule has 0 unspecified atom stereocenters. The number of rotatable bonds is 3. The van der Waals surface area contributed by atoms with Crippen molar-refractivity contribution in [3.63, 3.8) is 0 Å². The Morgan fingerprint density at radius 1 is 1.38 bits per heavy atom. The van der Waals surface area contributed by atoms with E-state index in [0.29, 0.717) is 31.6 Å². The van der Waals surface area contributed by atoms with Crippen LogP contribution in [0.4, 0.5) is 0 Å². The van der Waals surface area contributed by atoms with E-state index in [2.05, 4.69) is 25.0 Å². The summed E-state index contributed by atoms with van der Waals surface area (Å²) in [7, 11) is -3.14. The normalized spacial score (nSPS) is 18.1. The maximum Gasteiger partial charge on any atom is 0.439 e. The fourth-order valence-corrected chi connectivity index (χ4v) is 3.22.